The number of carbonyl (C=O) groups is 1. The van der Waals surface area contributed by atoms with E-state index in [0.29, 0.717) is 24.7 Å². The lowest BCUT2D eigenvalue weighted by Gasteiger charge is -2.44. The van der Waals surface area contributed by atoms with Crippen molar-refractivity contribution in [3.05, 3.63) is 0 Å². The number of ketones is 1. The van der Waals surface area contributed by atoms with Gasteiger partial charge >= 0.3 is 0 Å². The Hall–Kier alpha value is -0.450. The van der Waals surface area contributed by atoms with Crippen LogP contribution < -0.4 is 5.73 Å². The monoisotopic (exact) mass is 313 g/mol. The molecular weight excluding hydrogens is 278 g/mol. The predicted molar refractivity (Wildman–Crippen MR) is 89.9 cm³/mol. The van der Waals surface area contributed by atoms with Crippen LogP contribution in [0.2, 0.25) is 0 Å². The first kappa shape index (κ1) is 19.6. The molecule has 2 heterocycles. The molecule has 0 bridgehead atoms. The third kappa shape index (κ3) is 6.76. The minimum absolute atomic E-state index is 0.0405. The summed E-state index contributed by atoms with van der Waals surface area (Å²) in [6.07, 6.45) is 3.04. The van der Waals surface area contributed by atoms with Crippen molar-refractivity contribution < 1.29 is 14.3 Å². The summed E-state index contributed by atoms with van der Waals surface area (Å²) in [5.74, 6) is 0.311. The van der Waals surface area contributed by atoms with Gasteiger partial charge < -0.3 is 15.2 Å². The molecule has 4 heteroatoms. The average molecular weight is 313 g/mol. The van der Waals surface area contributed by atoms with Gasteiger partial charge in [0.05, 0.1) is 22.4 Å². The molecule has 2 aliphatic rings. The highest BCUT2D eigenvalue weighted by Gasteiger charge is 2.38. The Morgan fingerprint density at radius 1 is 0.773 bits per heavy atom. The lowest BCUT2D eigenvalue weighted by Crippen LogP contribution is -2.50. The molecule has 0 aromatic carbocycles. The van der Waals surface area contributed by atoms with Crippen LogP contribution in [-0.4, -0.2) is 34.2 Å². The zero-order valence-electron chi connectivity index (χ0n) is 15.7. The molecule has 0 spiro atoms. The fourth-order valence-electron chi connectivity index (χ4n) is 4.00. The van der Waals surface area contributed by atoms with Crippen LogP contribution in [0.1, 0.15) is 81.1 Å². The summed E-state index contributed by atoms with van der Waals surface area (Å²) < 4.78 is 11.6. The SMILES string of the molecule is CC1(C)CC(=O)CC(C)(C)O1.CC1(C)CC(N)CC(C)(C)O1. The van der Waals surface area contributed by atoms with Gasteiger partial charge in [-0.05, 0) is 68.2 Å². The van der Waals surface area contributed by atoms with E-state index in [9.17, 15) is 4.79 Å². The minimum atomic E-state index is -0.265. The molecule has 0 radical (unpaired) electrons. The predicted octanol–water partition coefficient (Wildman–Crippen LogP) is 3.60. The Morgan fingerprint density at radius 3 is 1.36 bits per heavy atom. The number of rotatable bonds is 0. The quantitative estimate of drug-likeness (QED) is 0.742. The van der Waals surface area contributed by atoms with E-state index < -0.39 is 0 Å². The number of ether oxygens (including phenoxy) is 2. The highest BCUT2D eigenvalue weighted by Crippen LogP contribution is 2.34. The second kappa shape index (κ2) is 6.21. The summed E-state index contributed by atoms with van der Waals surface area (Å²) in [6.45, 7) is 16.3. The van der Waals surface area contributed by atoms with Gasteiger partial charge in [-0.15, -0.1) is 0 Å². The Morgan fingerprint density at radius 2 is 1.09 bits per heavy atom. The van der Waals surface area contributed by atoms with Gasteiger partial charge in [0.1, 0.15) is 5.78 Å². The van der Waals surface area contributed by atoms with E-state index in [2.05, 4.69) is 27.7 Å². The van der Waals surface area contributed by atoms with E-state index in [1.54, 1.807) is 0 Å². The molecule has 4 nitrogen and oxygen atoms in total. The van der Waals surface area contributed by atoms with E-state index in [0.717, 1.165) is 12.8 Å². The second-order valence-corrected chi connectivity index (χ2v) is 9.30. The van der Waals surface area contributed by atoms with Gasteiger partial charge in [-0.1, -0.05) is 0 Å². The van der Waals surface area contributed by atoms with Crippen LogP contribution in [0.15, 0.2) is 0 Å². The van der Waals surface area contributed by atoms with Crippen LogP contribution in [0, 0.1) is 0 Å². The van der Waals surface area contributed by atoms with Crippen molar-refractivity contribution in [2.45, 2.75) is 110 Å². The van der Waals surface area contributed by atoms with Crippen molar-refractivity contribution in [1.29, 1.82) is 0 Å². The fraction of sp³-hybridized carbons (Fsp3) is 0.944. The van der Waals surface area contributed by atoms with Gasteiger partial charge in [-0.2, -0.15) is 0 Å². The Balaban J connectivity index is 0.000000220. The molecule has 2 saturated heterocycles. The first-order valence-corrected chi connectivity index (χ1v) is 8.29. The molecule has 2 aliphatic heterocycles. The van der Waals surface area contributed by atoms with Crippen molar-refractivity contribution in [3.8, 4) is 0 Å². The average Bonchev–Trinajstić information content (AvgIpc) is 2.03. The van der Waals surface area contributed by atoms with Gasteiger partial charge in [-0.3, -0.25) is 4.79 Å². The van der Waals surface area contributed by atoms with E-state index in [1.165, 1.54) is 0 Å². The van der Waals surface area contributed by atoms with E-state index in [1.807, 2.05) is 27.7 Å². The lowest BCUT2D eigenvalue weighted by molar-refractivity contribution is -0.169. The number of Topliss-reactive ketones (excluding diaryl/α,β-unsaturated/α-hetero) is 1. The highest BCUT2D eigenvalue weighted by molar-refractivity contribution is 5.81. The number of hydrogen-bond acceptors (Lipinski definition) is 4. The van der Waals surface area contributed by atoms with Gasteiger partial charge in [0.15, 0.2) is 0 Å². The van der Waals surface area contributed by atoms with Gasteiger partial charge in [0.25, 0.3) is 0 Å². The molecule has 2 fully saturated rings. The molecule has 2 rings (SSSR count). The summed E-state index contributed by atoms with van der Waals surface area (Å²) >= 11 is 0. The van der Waals surface area contributed by atoms with Crippen LogP contribution in [0.4, 0.5) is 0 Å². The van der Waals surface area contributed by atoms with E-state index in [-0.39, 0.29) is 22.4 Å². The largest absolute Gasteiger partial charge is 0.370 e. The van der Waals surface area contributed by atoms with Crippen molar-refractivity contribution in [3.63, 3.8) is 0 Å². The standard InChI is InChI=1S/C9H19NO.C9H16O2/c2*1-8(2)5-7(10)6-9(3,4)11-8/h7H,5-6,10H2,1-4H3;5-6H2,1-4H3. The minimum Gasteiger partial charge on any atom is -0.370 e. The number of hydrogen-bond donors (Lipinski definition) is 1. The van der Waals surface area contributed by atoms with Crippen LogP contribution >= 0.6 is 0 Å². The first-order valence-electron chi connectivity index (χ1n) is 8.29. The maximum Gasteiger partial charge on any atom is 0.138 e. The molecular formula is C18H35NO3. The van der Waals surface area contributed by atoms with Crippen LogP contribution in [0.3, 0.4) is 0 Å². The molecule has 0 aromatic heterocycles. The van der Waals surface area contributed by atoms with Crippen LogP contribution in [0.5, 0.6) is 0 Å². The second-order valence-electron chi connectivity index (χ2n) is 9.30. The topological polar surface area (TPSA) is 61.5 Å². The molecule has 0 aliphatic carbocycles. The van der Waals surface area contributed by atoms with E-state index in [4.69, 9.17) is 15.2 Å². The Bertz CT molecular complexity index is 377. The van der Waals surface area contributed by atoms with Crippen molar-refractivity contribution >= 4 is 5.78 Å². The maximum atomic E-state index is 11.2. The summed E-state index contributed by atoms with van der Waals surface area (Å²) in [5, 5.41) is 0. The molecule has 130 valence electrons. The summed E-state index contributed by atoms with van der Waals surface area (Å²) in [5.41, 5.74) is 5.29. The molecule has 2 N–H and O–H groups in total. The zero-order valence-corrected chi connectivity index (χ0v) is 15.7. The number of carbonyl (C=O) groups excluding carboxylic acids is 1. The summed E-state index contributed by atoms with van der Waals surface area (Å²) in [6, 6.07) is 0.300. The van der Waals surface area contributed by atoms with Gasteiger partial charge in [0, 0.05) is 18.9 Å². The molecule has 0 amide bonds. The third-order valence-corrected chi connectivity index (χ3v) is 3.86. The van der Waals surface area contributed by atoms with Crippen molar-refractivity contribution in [1.82, 2.24) is 0 Å². The number of nitrogens with two attached hydrogens (primary N) is 1. The summed E-state index contributed by atoms with van der Waals surface area (Å²) in [4.78, 5) is 11.2. The zero-order chi connectivity index (χ0) is 17.4. The maximum absolute atomic E-state index is 11.2. The molecule has 0 unspecified atom stereocenters. The first-order chi connectivity index (χ1) is 9.62. The Kier molecular flexibility index (Phi) is 5.54. The molecule has 0 saturated carbocycles. The van der Waals surface area contributed by atoms with E-state index >= 15 is 0 Å². The fourth-order valence-corrected chi connectivity index (χ4v) is 4.00. The summed E-state index contributed by atoms with van der Waals surface area (Å²) in [7, 11) is 0. The highest BCUT2D eigenvalue weighted by atomic mass is 16.5. The van der Waals surface area contributed by atoms with Crippen molar-refractivity contribution in [2.75, 3.05) is 0 Å². The van der Waals surface area contributed by atoms with Crippen LogP contribution in [-0.2, 0) is 14.3 Å². The molecule has 0 aromatic rings. The lowest BCUT2D eigenvalue weighted by atomic mass is 9.86. The molecule has 22 heavy (non-hydrogen) atoms. The van der Waals surface area contributed by atoms with Crippen molar-refractivity contribution in [2.24, 2.45) is 5.73 Å². The van der Waals surface area contributed by atoms with Gasteiger partial charge in [-0.25, -0.2) is 0 Å². The Labute approximate surface area is 136 Å². The third-order valence-electron chi connectivity index (χ3n) is 3.86. The van der Waals surface area contributed by atoms with Gasteiger partial charge in [0.2, 0.25) is 0 Å². The normalized spacial score (nSPS) is 29.4. The van der Waals surface area contributed by atoms with Crippen LogP contribution in [0.25, 0.3) is 0 Å². The molecule has 0 atom stereocenters. The smallest absolute Gasteiger partial charge is 0.138 e.